The van der Waals surface area contributed by atoms with Crippen molar-refractivity contribution in [3.63, 3.8) is 0 Å². The minimum atomic E-state index is 0.866. The van der Waals surface area contributed by atoms with Crippen LogP contribution in [0.1, 0.15) is 52.4 Å². The molecule has 2 fully saturated rings. The molecule has 1 heteroatoms. The predicted octanol–water partition coefficient (Wildman–Crippen LogP) is 3.05. The Balaban J connectivity index is 1.86. The highest BCUT2D eigenvalue weighted by Gasteiger charge is 2.32. The first-order valence-corrected chi connectivity index (χ1v) is 6.07. The largest absolute Gasteiger partial charge is 0.297 e. The van der Waals surface area contributed by atoms with Crippen LogP contribution in [-0.2, 0) is 0 Å². The Kier molecular flexibility index (Phi) is 2.92. The lowest BCUT2D eigenvalue weighted by Crippen LogP contribution is -2.39. The van der Waals surface area contributed by atoms with Gasteiger partial charge in [-0.3, -0.25) is 4.90 Å². The van der Waals surface area contributed by atoms with Crippen molar-refractivity contribution < 1.29 is 0 Å². The second-order valence-electron chi connectivity index (χ2n) is 4.98. The Morgan fingerprint density at radius 2 is 1.92 bits per heavy atom. The summed E-state index contributed by atoms with van der Waals surface area (Å²) in [5.41, 5.74) is 0. The fourth-order valence-corrected chi connectivity index (χ4v) is 2.87. The van der Waals surface area contributed by atoms with E-state index in [-0.39, 0.29) is 0 Å². The van der Waals surface area contributed by atoms with Gasteiger partial charge in [-0.25, -0.2) is 0 Å². The van der Waals surface area contributed by atoms with Crippen LogP contribution in [0.2, 0.25) is 0 Å². The molecule has 0 radical (unpaired) electrons. The summed E-state index contributed by atoms with van der Waals surface area (Å²) in [5, 5.41) is 0. The van der Waals surface area contributed by atoms with Crippen LogP contribution in [-0.4, -0.2) is 23.5 Å². The van der Waals surface area contributed by atoms with E-state index in [4.69, 9.17) is 0 Å². The molecule has 1 heterocycles. The normalized spacial score (nSPS) is 36.5. The molecule has 76 valence electrons. The standard InChI is InChI=1S/C12H23N/c1-3-12-8-7-10(2)13(12)9-11-5-4-6-11/h10-12H,3-9H2,1-2H3. The van der Waals surface area contributed by atoms with Crippen LogP contribution < -0.4 is 0 Å². The van der Waals surface area contributed by atoms with E-state index < -0.39 is 0 Å². The molecular formula is C12H23N. The topological polar surface area (TPSA) is 3.24 Å². The van der Waals surface area contributed by atoms with Gasteiger partial charge >= 0.3 is 0 Å². The average molecular weight is 181 g/mol. The lowest BCUT2D eigenvalue weighted by atomic mass is 9.85. The molecule has 2 aliphatic rings. The summed E-state index contributed by atoms with van der Waals surface area (Å²) >= 11 is 0. The Morgan fingerprint density at radius 3 is 2.46 bits per heavy atom. The smallest absolute Gasteiger partial charge is 0.00961 e. The predicted molar refractivity (Wildman–Crippen MR) is 56.8 cm³/mol. The Hall–Kier alpha value is -0.0400. The first-order valence-electron chi connectivity index (χ1n) is 6.07. The van der Waals surface area contributed by atoms with Crippen molar-refractivity contribution >= 4 is 0 Å². The molecule has 0 aromatic carbocycles. The third-order valence-corrected chi connectivity index (χ3v) is 4.12. The van der Waals surface area contributed by atoms with Gasteiger partial charge in [0.1, 0.15) is 0 Å². The van der Waals surface area contributed by atoms with E-state index in [1.807, 2.05) is 0 Å². The van der Waals surface area contributed by atoms with Crippen molar-refractivity contribution in [1.82, 2.24) is 4.90 Å². The van der Waals surface area contributed by atoms with Crippen LogP contribution >= 0.6 is 0 Å². The van der Waals surface area contributed by atoms with Gasteiger partial charge in [-0.1, -0.05) is 13.3 Å². The van der Waals surface area contributed by atoms with Gasteiger partial charge in [0.05, 0.1) is 0 Å². The molecular weight excluding hydrogens is 158 g/mol. The highest BCUT2D eigenvalue weighted by Crippen LogP contribution is 2.32. The summed E-state index contributed by atoms with van der Waals surface area (Å²) in [6.45, 7) is 6.16. The molecule has 2 unspecified atom stereocenters. The monoisotopic (exact) mass is 181 g/mol. The van der Waals surface area contributed by atoms with Crippen molar-refractivity contribution in [3.05, 3.63) is 0 Å². The highest BCUT2D eigenvalue weighted by atomic mass is 15.2. The highest BCUT2D eigenvalue weighted by molar-refractivity contribution is 4.87. The van der Waals surface area contributed by atoms with Gasteiger partial charge in [-0.15, -0.1) is 0 Å². The molecule has 1 aliphatic heterocycles. The number of rotatable bonds is 3. The lowest BCUT2D eigenvalue weighted by Gasteiger charge is -2.35. The molecule has 2 rings (SSSR count). The molecule has 0 spiro atoms. The average Bonchev–Trinajstić information content (AvgIpc) is 2.39. The molecule has 0 aromatic heterocycles. The van der Waals surface area contributed by atoms with Crippen LogP contribution in [0.3, 0.4) is 0 Å². The molecule has 2 atom stereocenters. The Labute approximate surface area is 82.5 Å². The lowest BCUT2D eigenvalue weighted by molar-refractivity contribution is 0.132. The second-order valence-corrected chi connectivity index (χ2v) is 4.98. The van der Waals surface area contributed by atoms with Crippen LogP contribution in [0.25, 0.3) is 0 Å². The van der Waals surface area contributed by atoms with Crippen molar-refractivity contribution in [3.8, 4) is 0 Å². The SMILES string of the molecule is CCC1CCC(C)N1CC1CCC1. The minimum absolute atomic E-state index is 0.866. The van der Waals surface area contributed by atoms with E-state index in [1.165, 1.54) is 45.1 Å². The van der Waals surface area contributed by atoms with Gasteiger partial charge < -0.3 is 0 Å². The zero-order chi connectivity index (χ0) is 9.26. The van der Waals surface area contributed by atoms with Gasteiger partial charge in [-0.05, 0) is 44.9 Å². The van der Waals surface area contributed by atoms with Gasteiger partial charge in [0.2, 0.25) is 0 Å². The maximum absolute atomic E-state index is 2.78. The van der Waals surface area contributed by atoms with Crippen LogP contribution in [0.5, 0.6) is 0 Å². The molecule has 0 amide bonds. The Bertz CT molecular complexity index is 163. The quantitative estimate of drug-likeness (QED) is 0.647. The van der Waals surface area contributed by atoms with Crippen LogP contribution in [0, 0.1) is 5.92 Å². The molecule has 0 bridgehead atoms. The maximum atomic E-state index is 2.78. The summed E-state index contributed by atoms with van der Waals surface area (Å²) in [6, 6.07) is 1.78. The van der Waals surface area contributed by atoms with E-state index >= 15 is 0 Å². The zero-order valence-electron chi connectivity index (χ0n) is 9.13. The number of nitrogens with zero attached hydrogens (tertiary/aromatic N) is 1. The molecule has 1 saturated carbocycles. The van der Waals surface area contributed by atoms with Crippen molar-refractivity contribution in [2.45, 2.75) is 64.5 Å². The molecule has 1 nitrogen and oxygen atoms in total. The van der Waals surface area contributed by atoms with Gasteiger partial charge in [0.15, 0.2) is 0 Å². The zero-order valence-corrected chi connectivity index (χ0v) is 9.13. The summed E-state index contributed by atoms with van der Waals surface area (Å²) < 4.78 is 0. The third-order valence-electron chi connectivity index (χ3n) is 4.12. The van der Waals surface area contributed by atoms with Gasteiger partial charge in [0, 0.05) is 18.6 Å². The first kappa shape index (κ1) is 9.51. The van der Waals surface area contributed by atoms with Crippen molar-refractivity contribution in [2.75, 3.05) is 6.54 Å². The summed E-state index contributed by atoms with van der Waals surface area (Å²) in [7, 11) is 0. The summed E-state index contributed by atoms with van der Waals surface area (Å²) in [5.74, 6) is 1.05. The molecule has 0 aromatic rings. The molecule has 1 saturated heterocycles. The number of likely N-dealkylation sites (tertiary alicyclic amines) is 1. The van der Waals surface area contributed by atoms with Gasteiger partial charge in [0.25, 0.3) is 0 Å². The second kappa shape index (κ2) is 4.00. The molecule has 1 aliphatic carbocycles. The van der Waals surface area contributed by atoms with Crippen LogP contribution in [0.4, 0.5) is 0 Å². The van der Waals surface area contributed by atoms with Crippen molar-refractivity contribution in [2.24, 2.45) is 5.92 Å². The van der Waals surface area contributed by atoms with E-state index in [1.54, 1.807) is 0 Å². The van der Waals surface area contributed by atoms with E-state index in [0.29, 0.717) is 0 Å². The summed E-state index contributed by atoms with van der Waals surface area (Å²) in [4.78, 5) is 2.78. The fourth-order valence-electron chi connectivity index (χ4n) is 2.87. The van der Waals surface area contributed by atoms with Gasteiger partial charge in [-0.2, -0.15) is 0 Å². The van der Waals surface area contributed by atoms with Crippen LogP contribution in [0.15, 0.2) is 0 Å². The molecule has 0 N–H and O–H groups in total. The minimum Gasteiger partial charge on any atom is -0.297 e. The third kappa shape index (κ3) is 1.90. The maximum Gasteiger partial charge on any atom is 0.00961 e. The Morgan fingerprint density at radius 1 is 1.15 bits per heavy atom. The summed E-state index contributed by atoms with van der Waals surface area (Å²) in [6.07, 6.45) is 8.73. The first-order chi connectivity index (χ1) is 6.31. The van der Waals surface area contributed by atoms with E-state index in [9.17, 15) is 0 Å². The fraction of sp³-hybridized carbons (Fsp3) is 1.00. The number of hydrogen-bond acceptors (Lipinski definition) is 1. The molecule has 13 heavy (non-hydrogen) atoms. The van der Waals surface area contributed by atoms with E-state index in [2.05, 4.69) is 18.7 Å². The van der Waals surface area contributed by atoms with E-state index in [0.717, 1.165) is 18.0 Å². The number of hydrogen-bond donors (Lipinski definition) is 0. The van der Waals surface area contributed by atoms with Crippen molar-refractivity contribution in [1.29, 1.82) is 0 Å².